The lowest BCUT2D eigenvalue weighted by atomic mass is 10.2. The number of hydrogen-bond acceptors (Lipinski definition) is 5. The van der Waals surface area contributed by atoms with Crippen molar-refractivity contribution < 1.29 is 28.2 Å². The summed E-state index contributed by atoms with van der Waals surface area (Å²) in [6, 6.07) is 3.85. The van der Waals surface area contributed by atoms with Crippen LogP contribution in [0.2, 0.25) is 0 Å². The summed E-state index contributed by atoms with van der Waals surface area (Å²) in [7, 11) is -3.67. The zero-order valence-corrected chi connectivity index (χ0v) is 15.3. The molecule has 0 saturated heterocycles. The number of sulfone groups is 1. The van der Waals surface area contributed by atoms with Gasteiger partial charge in [-0.25, -0.2) is 13.2 Å². The molecule has 0 spiro atoms. The summed E-state index contributed by atoms with van der Waals surface area (Å²) in [5, 5.41) is 20.3. The second-order valence-electron chi connectivity index (χ2n) is 5.94. The smallest absolute Gasteiger partial charge is 0.327 e. The molecule has 0 radical (unpaired) electrons. The Bertz CT molecular complexity index is 695. The van der Waals surface area contributed by atoms with Crippen LogP contribution in [0.25, 0.3) is 0 Å². The fraction of sp³-hybridized carbons (Fsp3) is 0.529. The van der Waals surface area contributed by atoms with Gasteiger partial charge in [0.15, 0.2) is 9.84 Å². The monoisotopic (exact) mass is 371 g/mol. The molecule has 1 atom stereocenters. The van der Waals surface area contributed by atoms with Crippen molar-refractivity contribution in [2.45, 2.75) is 50.8 Å². The molecule has 0 aromatic heterocycles. The van der Waals surface area contributed by atoms with Crippen LogP contribution in [0.5, 0.6) is 5.75 Å². The number of phenols is 1. The standard InChI is InChI=1S/C17H25NO6S/c1-3-6-14(7-4-2)25(23,24)11-15(17(21)22)18-16(20)12-8-5-9-13(19)10-12/h5,8-10,14-15,19H,3-4,6-7,11H2,1-2H3,(H,18,20)(H,21,22)/t15-/m1/s1. The molecular formula is C17H25NO6S. The summed E-state index contributed by atoms with van der Waals surface area (Å²) < 4.78 is 25.1. The first kappa shape index (κ1) is 21.0. The van der Waals surface area contributed by atoms with E-state index in [9.17, 15) is 28.2 Å². The van der Waals surface area contributed by atoms with Crippen LogP contribution >= 0.6 is 0 Å². The number of amides is 1. The highest BCUT2D eigenvalue weighted by Gasteiger charge is 2.32. The Labute approximate surface area is 148 Å². The van der Waals surface area contributed by atoms with E-state index >= 15 is 0 Å². The maximum absolute atomic E-state index is 12.5. The molecule has 0 bridgehead atoms. The second kappa shape index (κ2) is 9.41. The van der Waals surface area contributed by atoms with Gasteiger partial charge in [-0.3, -0.25) is 4.79 Å². The van der Waals surface area contributed by atoms with Crippen molar-refractivity contribution in [1.82, 2.24) is 5.32 Å². The van der Waals surface area contributed by atoms with Crippen LogP contribution < -0.4 is 5.32 Å². The van der Waals surface area contributed by atoms with Crippen molar-refractivity contribution in [1.29, 1.82) is 0 Å². The zero-order chi connectivity index (χ0) is 19.0. The molecule has 7 nitrogen and oxygen atoms in total. The number of phenolic OH excluding ortho intramolecular Hbond substituents is 1. The molecular weight excluding hydrogens is 346 g/mol. The van der Waals surface area contributed by atoms with Crippen molar-refractivity contribution in [3.8, 4) is 5.75 Å². The van der Waals surface area contributed by atoms with Crippen LogP contribution in [0.15, 0.2) is 24.3 Å². The Kier molecular flexibility index (Phi) is 7.89. The van der Waals surface area contributed by atoms with E-state index in [4.69, 9.17) is 0 Å². The fourth-order valence-electron chi connectivity index (χ4n) is 2.58. The van der Waals surface area contributed by atoms with Crippen LogP contribution in [0.1, 0.15) is 49.9 Å². The van der Waals surface area contributed by atoms with Gasteiger partial charge in [0.25, 0.3) is 5.91 Å². The lowest BCUT2D eigenvalue weighted by Gasteiger charge is -2.20. The van der Waals surface area contributed by atoms with E-state index in [2.05, 4.69) is 5.32 Å². The van der Waals surface area contributed by atoms with Gasteiger partial charge in [0, 0.05) is 5.56 Å². The molecule has 0 saturated carbocycles. The van der Waals surface area contributed by atoms with E-state index < -0.39 is 38.8 Å². The number of aromatic hydroxyl groups is 1. The highest BCUT2D eigenvalue weighted by Crippen LogP contribution is 2.17. The van der Waals surface area contributed by atoms with E-state index in [0.29, 0.717) is 25.7 Å². The van der Waals surface area contributed by atoms with Crippen LogP contribution in [-0.4, -0.2) is 47.6 Å². The number of carboxylic acids is 1. The van der Waals surface area contributed by atoms with Crippen molar-refractivity contribution in [3.05, 3.63) is 29.8 Å². The first-order chi connectivity index (χ1) is 11.7. The first-order valence-corrected chi connectivity index (χ1v) is 9.97. The third-order valence-corrected chi connectivity index (χ3v) is 6.12. The van der Waals surface area contributed by atoms with Crippen LogP contribution in [0.4, 0.5) is 0 Å². The number of carboxylic acid groups (broad SMARTS) is 1. The molecule has 0 aliphatic carbocycles. The number of carbonyl (C=O) groups is 2. The molecule has 1 aromatic rings. The Morgan fingerprint density at radius 3 is 2.24 bits per heavy atom. The predicted octanol–water partition coefficient (Wildman–Crippen LogP) is 1.96. The molecule has 1 rings (SSSR count). The summed E-state index contributed by atoms with van der Waals surface area (Å²) in [5.74, 6) is -2.96. The van der Waals surface area contributed by atoms with Gasteiger partial charge in [-0.1, -0.05) is 32.8 Å². The van der Waals surface area contributed by atoms with Gasteiger partial charge in [-0.15, -0.1) is 0 Å². The van der Waals surface area contributed by atoms with Gasteiger partial charge in [0.05, 0.1) is 11.0 Å². The third kappa shape index (κ3) is 6.38. The Balaban J connectivity index is 2.93. The number of nitrogens with one attached hydrogen (secondary N) is 1. The van der Waals surface area contributed by atoms with Crippen LogP contribution in [-0.2, 0) is 14.6 Å². The minimum absolute atomic E-state index is 0.0577. The number of benzene rings is 1. The van der Waals surface area contributed by atoms with Gasteiger partial charge in [0.2, 0.25) is 0 Å². The highest BCUT2D eigenvalue weighted by atomic mass is 32.2. The fourth-order valence-corrected chi connectivity index (χ4v) is 4.73. The lowest BCUT2D eigenvalue weighted by molar-refractivity contribution is -0.138. The average molecular weight is 371 g/mol. The molecule has 0 fully saturated rings. The zero-order valence-electron chi connectivity index (χ0n) is 14.4. The summed E-state index contributed by atoms with van der Waals surface area (Å²) in [6.07, 6.45) is 2.28. The number of hydrogen-bond donors (Lipinski definition) is 3. The quantitative estimate of drug-likeness (QED) is 0.578. The normalized spacial score (nSPS) is 12.8. The number of carbonyl (C=O) groups excluding carboxylic acids is 1. The molecule has 1 aromatic carbocycles. The van der Waals surface area contributed by atoms with E-state index in [1.54, 1.807) is 0 Å². The van der Waals surface area contributed by atoms with E-state index in [0.717, 1.165) is 0 Å². The third-order valence-electron chi connectivity index (χ3n) is 3.84. The summed E-state index contributed by atoms with van der Waals surface area (Å²) in [4.78, 5) is 23.6. The SMILES string of the molecule is CCCC(CCC)S(=O)(=O)C[C@@H](NC(=O)c1cccc(O)c1)C(=O)O. The van der Waals surface area contributed by atoms with Gasteiger partial charge >= 0.3 is 5.97 Å². The Morgan fingerprint density at radius 1 is 1.16 bits per heavy atom. The predicted molar refractivity (Wildman–Crippen MR) is 94.4 cm³/mol. The largest absolute Gasteiger partial charge is 0.508 e. The minimum atomic E-state index is -3.67. The first-order valence-electron chi connectivity index (χ1n) is 8.25. The second-order valence-corrected chi connectivity index (χ2v) is 8.27. The molecule has 0 heterocycles. The number of rotatable bonds is 10. The van der Waals surface area contributed by atoms with E-state index in [-0.39, 0.29) is 11.3 Å². The highest BCUT2D eigenvalue weighted by molar-refractivity contribution is 7.92. The molecule has 25 heavy (non-hydrogen) atoms. The lowest BCUT2D eigenvalue weighted by Crippen LogP contribution is -2.47. The molecule has 140 valence electrons. The van der Waals surface area contributed by atoms with Crippen LogP contribution in [0.3, 0.4) is 0 Å². The van der Waals surface area contributed by atoms with Crippen molar-refractivity contribution in [3.63, 3.8) is 0 Å². The van der Waals surface area contributed by atoms with E-state index in [1.165, 1.54) is 24.3 Å². The minimum Gasteiger partial charge on any atom is -0.508 e. The van der Waals surface area contributed by atoms with Crippen molar-refractivity contribution in [2.75, 3.05) is 5.75 Å². The maximum Gasteiger partial charge on any atom is 0.327 e. The van der Waals surface area contributed by atoms with Crippen LogP contribution in [0, 0.1) is 0 Å². The summed E-state index contributed by atoms with van der Waals surface area (Å²) >= 11 is 0. The van der Waals surface area contributed by atoms with E-state index in [1.807, 2.05) is 13.8 Å². The average Bonchev–Trinajstić information content (AvgIpc) is 2.53. The van der Waals surface area contributed by atoms with Gasteiger partial charge in [-0.05, 0) is 31.0 Å². The van der Waals surface area contributed by atoms with Crippen molar-refractivity contribution >= 4 is 21.7 Å². The molecule has 0 unspecified atom stereocenters. The molecule has 3 N–H and O–H groups in total. The van der Waals surface area contributed by atoms with Crippen molar-refractivity contribution in [2.24, 2.45) is 0 Å². The van der Waals surface area contributed by atoms with Gasteiger partial charge in [0.1, 0.15) is 11.8 Å². The molecule has 0 aliphatic heterocycles. The Morgan fingerprint density at radius 2 is 1.76 bits per heavy atom. The molecule has 1 amide bonds. The van der Waals surface area contributed by atoms with Gasteiger partial charge < -0.3 is 15.5 Å². The topological polar surface area (TPSA) is 121 Å². The summed E-state index contributed by atoms with van der Waals surface area (Å²) in [5.41, 5.74) is 0.0577. The maximum atomic E-state index is 12.5. The van der Waals surface area contributed by atoms with Gasteiger partial charge in [-0.2, -0.15) is 0 Å². The number of aliphatic carboxylic acids is 1. The molecule has 8 heteroatoms. The summed E-state index contributed by atoms with van der Waals surface area (Å²) in [6.45, 7) is 3.74. The molecule has 0 aliphatic rings. The Hall–Kier alpha value is -2.09.